The Kier molecular flexibility index (Phi) is 4.66. The Hall–Kier alpha value is -1.84. The van der Waals surface area contributed by atoms with Crippen LogP contribution in [0.5, 0.6) is 0 Å². The lowest BCUT2D eigenvalue weighted by Crippen LogP contribution is -2.28. The first-order chi connectivity index (χ1) is 9.96. The van der Waals surface area contributed by atoms with Gasteiger partial charge < -0.3 is 9.84 Å². The second-order valence-corrected chi connectivity index (χ2v) is 6.13. The Labute approximate surface area is 125 Å². The molecule has 0 amide bonds. The molecule has 0 spiro atoms. The lowest BCUT2D eigenvalue weighted by Gasteiger charge is -2.26. The molecular weight excluding hydrogens is 268 g/mol. The summed E-state index contributed by atoms with van der Waals surface area (Å²) in [5, 5.41) is 9.47. The van der Waals surface area contributed by atoms with Crippen LogP contribution in [0.3, 0.4) is 0 Å². The summed E-state index contributed by atoms with van der Waals surface area (Å²) in [7, 11) is 1.36. The molecule has 1 saturated carbocycles. The molecule has 0 aromatic heterocycles. The molecule has 4 heteroatoms. The number of hydrogen-bond donors (Lipinski definition) is 1. The third-order valence-corrected chi connectivity index (χ3v) is 4.55. The quantitative estimate of drug-likeness (QED) is 0.682. The molecule has 0 radical (unpaired) electrons. The molecule has 2 unspecified atom stereocenters. The van der Waals surface area contributed by atoms with Gasteiger partial charge in [0.25, 0.3) is 0 Å². The second kappa shape index (κ2) is 6.29. The number of hydrogen-bond acceptors (Lipinski definition) is 3. The first-order valence-corrected chi connectivity index (χ1v) is 7.38. The molecule has 1 fully saturated rings. The zero-order valence-electron chi connectivity index (χ0n) is 12.6. The van der Waals surface area contributed by atoms with E-state index in [1.165, 1.54) is 7.11 Å². The summed E-state index contributed by atoms with van der Waals surface area (Å²) in [5.41, 5.74) is 0.982. The molecule has 21 heavy (non-hydrogen) atoms. The number of carboxylic acid groups (broad SMARTS) is 1. The highest BCUT2D eigenvalue weighted by molar-refractivity contribution is 5.89. The lowest BCUT2D eigenvalue weighted by molar-refractivity contribution is -0.148. The first-order valence-electron chi connectivity index (χ1n) is 7.38. The average molecular weight is 290 g/mol. The maximum Gasteiger partial charge on any atom is 0.337 e. The van der Waals surface area contributed by atoms with Gasteiger partial charge in [-0.05, 0) is 49.8 Å². The van der Waals surface area contributed by atoms with Gasteiger partial charge >= 0.3 is 11.9 Å². The third-order valence-electron chi connectivity index (χ3n) is 4.55. The van der Waals surface area contributed by atoms with Gasteiger partial charge in [-0.3, -0.25) is 4.79 Å². The molecule has 0 heterocycles. The largest absolute Gasteiger partial charge is 0.481 e. The van der Waals surface area contributed by atoms with Gasteiger partial charge in [-0.2, -0.15) is 0 Å². The van der Waals surface area contributed by atoms with Crippen molar-refractivity contribution in [3.63, 3.8) is 0 Å². The smallest absolute Gasteiger partial charge is 0.337 e. The van der Waals surface area contributed by atoms with Crippen molar-refractivity contribution in [2.24, 2.45) is 5.41 Å². The molecule has 1 aromatic rings. The van der Waals surface area contributed by atoms with Crippen molar-refractivity contribution in [3.05, 3.63) is 35.4 Å². The highest BCUT2D eigenvalue weighted by Gasteiger charge is 2.37. The number of carboxylic acids is 1. The molecule has 1 aromatic carbocycles. The van der Waals surface area contributed by atoms with E-state index < -0.39 is 11.4 Å². The molecule has 1 N–H and O–H groups in total. The Morgan fingerprint density at radius 3 is 2.48 bits per heavy atom. The standard InChI is InChI=1S/C17H22O4/c1-17(16(19)20)10-4-3-5-14(11-17)12-6-8-13(9-7-12)15(18)21-2/h6-9,14H,3-5,10-11H2,1-2H3,(H,19,20). The predicted octanol–water partition coefficient (Wildman–Crippen LogP) is 3.61. The van der Waals surface area contributed by atoms with Crippen LogP contribution in [0.1, 0.15) is 60.9 Å². The Morgan fingerprint density at radius 1 is 1.24 bits per heavy atom. The van der Waals surface area contributed by atoms with Crippen LogP contribution in [0.15, 0.2) is 24.3 Å². The van der Waals surface area contributed by atoms with Gasteiger partial charge in [0.05, 0.1) is 18.1 Å². The number of esters is 1. The highest BCUT2D eigenvalue weighted by atomic mass is 16.5. The topological polar surface area (TPSA) is 63.6 Å². The number of aliphatic carboxylic acids is 1. The number of carbonyl (C=O) groups is 2. The van der Waals surface area contributed by atoms with Gasteiger partial charge in [-0.15, -0.1) is 0 Å². The maximum absolute atomic E-state index is 11.5. The van der Waals surface area contributed by atoms with E-state index in [1.54, 1.807) is 12.1 Å². The predicted molar refractivity (Wildman–Crippen MR) is 79.4 cm³/mol. The van der Waals surface area contributed by atoms with Gasteiger partial charge in [0.15, 0.2) is 0 Å². The lowest BCUT2D eigenvalue weighted by atomic mass is 9.77. The molecule has 0 bridgehead atoms. The fourth-order valence-electron chi connectivity index (χ4n) is 3.14. The maximum atomic E-state index is 11.5. The minimum absolute atomic E-state index is 0.236. The summed E-state index contributed by atoms with van der Waals surface area (Å²) in [4.78, 5) is 23.0. The van der Waals surface area contributed by atoms with Crippen molar-refractivity contribution in [1.82, 2.24) is 0 Å². The van der Waals surface area contributed by atoms with Crippen LogP contribution in [0.4, 0.5) is 0 Å². The Balaban J connectivity index is 2.20. The zero-order valence-corrected chi connectivity index (χ0v) is 12.6. The van der Waals surface area contributed by atoms with Crippen molar-refractivity contribution in [2.45, 2.75) is 44.9 Å². The summed E-state index contributed by atoms with van der Waals surface area (Å²) in [6.45, 7) is 1.84. The van der Waals surface area contributed by atoms with Gasteiger partial charge in [0.2, 0.25) is 0 Å². The molecular formula is C17H22O4. The van der Waals surface area contributed by atoms with Gasteiger partial charge in [-0.25, -0.2) is 4.79 Å². The summed E-state index contributed by atoms with van der Waals surface area (Å²) in [5.74, 6) is -0.821. The van der Waals surface area contributed by atoms with Crippen molar-refractivity contribution in [2.75, 3.05) is 7.11 Å². The van der Waals surface area contributed by atoms with Gasteiger partial charge in [0.1, 0.15) is 0 Å². The molecule has 1 aliphatic carbocycles. The number of benzene rings is 1. The molecule has 2 rings (SSSR count). The molecule has 0 saturated heterocycles. The monoisotopic (exact) mass is 290 g/mol. The van der Waals surface area contributed by atoms with Crippen molar-refractivity contribution >= 4 is 11.9 Å². The fourth-order valence-corrected chi connectivity index (χ4v) is 3.14. The number of carbonyl (C=O) groups excluding carboxylic acids is 1. The van der Waals surface area contributed by atoms with E-state index in [9.17, 15) is 14.7 Å². The van der Waals surface area contributed by atoms with Crippen LogP contribution in [-0.2, 0) is 9.53 Å². The third kappa shape index (κ3) is 3.43. The normalized spacial score (nSPS) is 25.9. The van der Waals surface area contributed by atoms with Gasteiger partial charge in [-0.1, -0.05) is 25.0 Å². The summed E-state index contributed by atoms with van der Waals surface area (Å²) in [6, 6.07) is 7.35. The van der Waals surface area contributed by atoms with E-state index in [2.05, 4.69) is 4.74 Å². The molecule has 2 atom stereocenters. The summed E-state index contributed by atoms with van der Waals surface area (Å²) < 4.78 is 4.69. The summed E-state index contributed by atoms with van der Waals surface area (Å²) in [6.07, 6.45) is 4.39. The molecule has 0 aliphatic heterocycles. The van der Waals surface area contributed by atoms with Crippen LogP contribution in [0.2, 0.25) is 0 Å². The van der Waals surface area contributed by atoms with Crippen LogP contribution in [-0.4, -0.2) is 24.2 Å². The molecule has 1 aliphatic rings. The second-order valence-electron chi connectivity index (χ2n) is 6.13. The van der Waals surface area contributed by atoms with Crippen LogP contribution in [0.25, 0.3) is 0 Å². The number of rotatable bonds is 3. The summed E-state index contributed by atoms with van der Waals surface area (Å²) >= 11 is 0. The minimum Gasteiger partial charge on any atom is -0.481 e. The van der Waals surface area contributed by atoms with E-state index in [0.717, 1.165) is 31.2 Å². The van der Waals surface area contributed by atoms with E-state index in [4.69, 9.17) is 0 Å². The molecule has 114 valence electrons. The van der Waals surface area contributed by atoms with Crippen molar-refractivity contribution in [3.8, 4) is 0 Å². The highest BCUT2D eigenvalue weighted by Crippen LogP contribution is 2.42. The SMILES string of the molecule is COC(=O)c1ccc(C2CCCCC(C)(C(=O)O)C2)cc1. The van der Waals surface area contributed by atoms with E-state index in [1.807, 2.05) is 19.1 Å². The van der Waals surface area contributed by atoms with Crippen LogP contribution in [0, 0.1) is 5.41 Å². The van der Waals surface area contributed by atoms with Crippen LogP contribution >= 0.6 is 0 Å². The first kappa shape index (κ1) is 15.5. The Morgan fingerprint density at radius 2 is 1.90 bits per heavy atom. The van der Waals surface area contributed by atoms with Crippen molar-refractivity contribution < 1.29 is 19.4 Å². The van der Waals surface area contributed by atoms with E-state index in [0.29, 0.717) is 12.0 Å². The fraction of sp³-hybridized carbons (Fsp3) is 0.529. The minimum atomic E-state index is -0.708. The average Bonchev–Trinajstić information content (AvgIpc) is 2.69. The van der Waals surface area contributed by atoms with Gasteiger partial charge in [0, 0.05) is 0 Å². The molecule has 4 nitrogen and oxygen atoms in total. The number of ether oxygens (including phenoxy) is 1. The van der Waals surface area contributed by atoms with E-state index >= 15 is 0 Å². The van der Waals surface area contributed by atoms with Crippen molar-refractivity contribution in [1.29, 1.82) is 0 Å². The Bertz CT molecular complexity index is 520. The number of methoxy groups -OCH3 is 1. The zero-order chi connectivity index (χ0) is 15.5. The van der Waals surface area contributed by atoms with Crippen LogP contribution < -0.4 is 0 Å². The van der Waals surface area contributed by atoms with E-state index in [-0.39, 0.29) is 11.9 Å².